The molecule has 4 rings (SSSR count). The van der Waals surface area contributed by atoms with Gasteiger partial charge >= 0.3 is 0 Å². The molecule has 32 heavy (non-hydrogen) atoms. The second-order valence-corrected chi connectivity index (χ2v) is 9.87. The largest absolute Gasteiger partial charge is 0.388 e. The highest BCUT2D eigenvalue weighted by Gasteiger charge is 2.57. The van der Waals surface area contributed by atoms with Gasteiger partial charge in [-0.15, -0.1) is 0 Å². The topological polar surface area (TPSA) is 82.0 Å². The highest BCUT2D eigenvalue weighted by molar-refractivity contribution is 8.16. The Bertz CT molecular complexity index is 1040. The van der Waals surface area contributed by atoms with E-state index in [0.717, 1.165) is 5.56 Å². The summed E-state index contributed by atoms with van der Waals surface area (Å²) in [5.41, 5.74) is 0.191. The summed E-state index contributed by atoms with van der Waals surface area (Å²) in [5, 5.41) is 15.1. The maximum atomic E-state index is 13.2. The number of amides is 2. The molecule has 1 unspecified atom stereocenters. The lowest BCUT2D eigenvalue weighted by molar-refractivity contribution is -0.129. The number of aliphatic hydroxyl groups is 1. The summed E-state index contributed by atoms with van der Waals surface area (Å²) >= 11 is 1.22. The van der Waals surface area contributed by atoms with Crippen molar-refractivity contribution in [1.82, 2.24) is 10.2 Å². The van der Waals surface area contributed by atoms with E-state index in [1.807, 2.05) is 25.1 Å². The number of rotatable bonds is 4. The second-order valence-electron chi connectivity index (χ2n) is 8.46. The molecule has 2 N–H and O–H groups in total. The van der Waals surface area contributed by atoms with Gasteiger partial charge in [0.2, 0.25) is 0 Å². The van der Waals surface area contributed by atoms with E-state index in [2.05, 4.69) is 10.3 Å². The number of piperidine rings is 1. The molecule has 0 saturated carbocycles. The van der Waals surface area contributed by atoms with Gasteiger partial charge in [-0.1, -0.05) is 42.1 Å². The van der Waals surface area contributed by atoms with E-state index < -0.39 is 10.3 Å². The second kappa shape index (κ2) is 8.67. The molecular weight excluding hydrogens is 429 g/mol. The molecular formula is C24H26FN3O3S. The van der Waals surface area contributed by atoms with Crippen LogP contribution < -0.4 is 5.32 Å². The van der Waals surface area contributed by atoms with Crippen molar-refractivity contribution < 1.29 is 19.1 Å². The van der Waals surface area contributed by atoms with Crippen molar-refractivity contribution in [2.24, 2.45) is 4.99 Å². The zero-order valence-corrected chi connectivity index (χ0v) is 18.9. The van der Waals surface area contributed by atoms with Crippen molar-refractivity contribution in [3.05, 3.63) is 71.5 Å². The standard InChI is InChI=1S/C24H26FN3O3S/c1-16(17-8-10-19(25)11-9-17)26-22-27-21(30)23(2,32-22)24(31)12-14-28(15-13-24)20(29)18-6-4-3-5-7-18/h3-11,16,31H,12-15H2,1-2H3,(H,26,27,30)/t16-,23?/m0/s1. The number of amidine groups is 1. The van der Waals surface area contributed by atoms with E-state index in [4.69, 9.17) is 0 Å². The predicted octanol–water partition coefficient (Wildman–Crippen LogP) is 3.53. The Morgan fingerprint density at radius 2 is 1.78 bits per heavy atom. The summed E-state index contributed by atoms with van der Waals surface area (Å²) in [7, 11) is 0. The molecule has 6 nitrogen and oxygen atoms in total. The molecule has 8 heteroatoms. The minimum atomic E-state index is -1.28. The molecule has 0 spiro atoms. The van der Waals surface area contributed by atoms with Crippen LogP contribution in [-0.2, 0) is 4.79 Å². The van der Waals surface area contributed by atoms with Crippen molar-refractivity contribution in [3.8, 4) is 0 Å². The van der Waals surface area contributed by atoms with Crippen LogP contribution in [0.5, 0.6) is 0 Å². The molecule has 1 saturated heterocycles. The van der Waals surface area contributed by atoms with Crippen molar-refractivity contribution >= 4 is 28.7 Å². The number of carbonyl (C=O) groups excluding carboxylic acids is 2. The number of hydrogen-bond acceptors (Lipinski definition) is 5. The van der Waals surface area contributed by atoms with Gasteiger partial charge in [-0.25, -0.2) is 4.39 Å². The van der Waals surface area contributed by atoms with Crippen LogP contribution in [0.3, 0.4) is 0 Å². The monoisotopic (exact) mass is 455 g/mol. The van der Waals surface area contributed by atoms with Gasteiger partial charge in [-0.2, -0.15) is 4.99 Å². The highest BCUT2D eigenvalue weighted by Crippen LogP contribution is 2.47. The molecule has 0 radical (unpaired) electrons. The third-order valence-electron chi connectivity index (χ3n) is 6.41. The van der Waals surface area contributed by atoms with E-state index in [-0.39, 0.29) is 36.5 Å². The fraction of sp³-hybridized carbons (Fsp3) is 0.375. The van der Waals surface area contributed by atoms with Crippen molar-refractivity contribution in [2.45, 2.75) is 43.1 Å². The Morgan fingerprint density at radius 1 is 1.16 bits per heavy atom. The molecule has 168 valence electrons. The molecule has 2 aliphatic heterocycles. The average Bonchev–Trinajstić information content (AvgIpc) is 3.09. The maximum absolute atomic E-state index is 13.2. The quantitative estimate of drug-likeness (QED) is 0.737. The smallest absolute Gasteiger partial charge is 0.267 e. The van der Waals surface area contributed by atoms with Crippen molar-refractivity contribution in [1.29, 1.82) is 0 Å². The van der Waals surface area contributed by atoms with Crippen LogP contribution in [0.4, 0.5) is 4.39 Å². The Morgan fingerprint density at radius 3 is 2.41 bits per heavy atom. The van der Waals surface area contributed by atoms with Crippen LogP contribution in [0, 0.1) is 5.82 Å². The summed E-state index contributed by atoms with van der Waals surface area (Å²) in [6.07, 6.45) is 0.578. The Balaban J connectivity index is 1.41. The minimum absolute atomic E-state index is 0.0741. The molecule has 2 heterocycles. The molecule has 0 aliphatic carbocycles. The van der Waals surface area contributed by atoms with Crippen molar-refractivity contribution in [3.63, 3.8) is 0 Å². The van der Waals surface area contributed by atoms with Crippen LogP contribution in [0.2, 0.25) is 0 Å². The molecule has 0 aromatic heterocycles. The normalized spacial score (nSPS) is 23.6. The third kappa shape index (κ3) is 4.17. The SMILES string of the molecule is C[C@H](NC1=NC(=O)C(C)(C2(O)CCN(C(=O)c3ccccc3)CC2)S1)c1ccc(F)cc1. The fourth-order valence-corrected chi connectivity index (χ4v) is 5.43. The first-order chi connectivity index (χ1) is 15.2. The molecule has 2 aromatic carbocycles. The van der Waals surface area contributed by atoms with E-state index in [1.54, 1.807) is 36.1 Å². The van der Waals surface area contributed by atoms with Gasteiger partial charge in [0.05, 0.1) is 11.6 Å². The van der Waals surface area contributed by atoms with Gasteiger partial charge in [0.1, 0.15) is 10.6 Å². The van der Waals surface area contributed by atoms with Gasteiger partial charge in [0, 0.05) is 18.7 Å². The summed E-state index contributed by atoms with van der Waals surface area (Å²) in [6.45, 7) is 4.35. The maximum Gasteiger partial charge on any atom is 0.267 e. The van der Waals surface area contributed by atoms with Gasteiger partial charge in [-0.05, 0) is 56.5 Å². The molecule has 2 aliphatic rings. The molecule has 2 atom stereocenters. The number of hydrogen-bond donors (Lipinski definition) is 2. The number of halogens is 1. The van der Waals surface area contributed by atoms with E-state index in [1.165, 1.54) is 23.9 Å². The molecule has 1 fully saturated rings. The Hall–Kier alpha value is -2.71. The number of carbonyl (C=O) groups is 2. The lowest BCUT2D eigenvalue weighted by atomic mass is 9.79. The third-order valence-corrected chi connectivity index (χ3v) is 7.77. The van der Waals surface area contributed by atoms with E-state index in [0.29, 0.717) is 23.8 Å². The summed E-state index contributed by atoms with van der Waals surface area (Å²) in [5.74, 6) is -0.771. The average molecular weight is 456 g/mol. The minimum Gasteiger partial charge on any atom is -0.388 e. The van der Waals surface area contributed by atoms with Crippen molar-refractivity contribution in [2.75, 3.05) is 13.1 Å². The van der Waals surface area contributed by atoms with Gasteiger partial charge in [0.15, 0.2) is 5.17 Å². The van der Waals surface area contributed by atoms with E-state index in [9.17, 15) is 19.1 Å². The molecule has 2 amide bonds. The van der Waals surface area contributed by atoms with Gasteiger partial charge in [-0.3, -0.25) is 9.59 Å². The lowest BCUT2D eigenvalue weighted by Crippen LogP contribution is -2.59. The number of thioether (sulfide) groups is 1. The van der Waals surface area contributed by atoms with Crippen LogP contribution in [0.1, 0.15) is 48.7 Å². The van der Waals surface area contributed by atoms with Gasteiger partial charge in [0.25, 0.3) is 11.8 Å². The number of nitrogens with zero attached hydrogens (tertiary/aromatic N) is 2. The fourth-order valence-electron chi connectivity index (χ4n) is 4.15. The van der Waals surface area contributed by atoms with Crippen LogP contribution in [0.25, 0.3) is 0 Å². The Kier molecular flexibility index (Phi) is 6.09. The van der Waals surface area contributed by atoms with E-state index >= 15 is 0 Å². The highest BCUT2D eigenvalue weighted by atomic mass is 32.2. The predicted molar refractivity (Wildman–Crippen MR) is 123 cm³/mol. The Labute approximate surface area is 190 Å². The summed E-state index contributed by atoms with van der Waals surface area (Å²) in [4.78, 5) is 31.5. The number of aliphatic imine (C=N–C) groups is 1. The zero-order valence-electron chi connectivity index (χ0n) is 18.0. The van der Waals surface area contributed by atoms with Gasteiger partial charge < -0.3 is 15.3 Å². The van der Waals surface area contributed by atoms with Crippen LogP contribution in [-0.4, -0.2) is 50.4 Å². The summed E-state index contributed by atoms with van der Waals surface area (Å²) < 4.78 is 12.0. The first kappa shape index (κ1) is 22.5. The number of benzene rings is 2. The molecule has 0 bridgehead atoms. The van der Waals surface area contributed by atoms with Crippen LogP contribution >= 0.6 is 11.8 Å². The lowest BCUT2D eigenvalue weighted by Gasteiger charge is -2.45. The molecule has 2 aromatic rings. The number of nitrogens with one attached hydrogen (secondary N) is 1. The summed E-state index contributed by atoms with van der Waals surface area (Å²) in [6, 6.07) is 15.0. The number of likely N-dealkylation sites (tertiary alicyclic amines) is 1. The first-order valence-corrected chi connectivity index (χ1v) is 11.4. The zero-order chi connectivity index (χ0) is 22.9. The first-order valence-electron chi connectivity index (χ1n) is 10.6. The van der Waals surface area contributed by atoms with Crippen LogP contribution in [0.15, 0.2) is 59.6 Å².